The first-order chi connectivity index (χ1) is 12.0. The maximum atomic E-state index is 13.3. The first-order valence-electron chi connectivity index (χ1n) is 8.03. The predicted octanol–water partition coefficient (Wildman–Crippen LogP) is 2.70. The van der Waals surface area contributed by atoms with Crippen LogP contribution in [0.25, 0.3) is 0 Å². The topological polar surface area (TPSA) is 81.0 Å². The fourth-order valence-corrected chi connectivity index (χ4v) is 3.16. The second-order valence-corrected chi connectivity index (χ2v) is 6.00. The average Bonchev–Trinajstić information content (AvgIpc) is 2.59. The smallest absolute Gasteiger partial charge is 0.258 e. The molecule has 0 radical (unpaired) electrons. The van der Waals surface area contributed by atoms with Crippen molar-refractivity contribution in [3.05, 3.63) is 74.8 Å². The van der Waals surface area contributed by atoms with Crippen LogP contribution in [0.2, 0.25) is 0 Å². The van der Waals surface area contributed by atoms with Gasteiger partial charge in [0.2, 0.25) is 5.88 Å². The normalized spacial score (nSPS) is 16.2. The second kappa shape index (κ2) is 6.44. The van der Waals surface area contributed by atoms with Crippen LogP contribution in [0.15, 0.2) is 46.6 Å². The largest absolute Gasteiger partial charge is 0.440 e. The predicted molar refractivity (Wildman–Crippen MR) is 91.4 cm³/mol. The summed E-state index contributed by atoms with van der Waals surface area (Å²) in [6, 6.07) is 9.53. The lowest BCUT2D eigenvalue weighted by molar-refractivity contribution is 0.389. The van der Waals surface area contributed by atoms with Crippen molar-refractivity contribution in [2.75, 3.05) is 0 Å². The molecule has 25 heavy (non-hydrogen) atoms. The number of fused-ring (bicyclic) bond motifs is 1. The molecule has 0 amide bonds. The third-order valence-electron chi connectivity index (χ3n) is 4.42. The van der Waals surface area contributed by atoms with Crippen LogP contribution < -0.4 is 16.0 Å². The van der Waals surface area contributed by atoms with E-state index < -0.39 is 11.7 Å². The molecule has 3 rings (SSSR count). The quantitative estimate of drug-likeness (QED) is 0.932. The van der Waals surface area contributed by atoms with Crippen LogP contribution in [-0.2, 0) is 13.5 Å². The Morgan fingerprint density at radius 2 is 2.04 bits per heavy atom. The molecular formula is C19H18FN3O2. The van der Waals surface area contributed by atoms with Gasteiger partial charge in [0.05, 0.1) is 11.5 Å². The highest BCUT2D eigenvalue weighted by Crippen LogP contribution is 2.40. The number of aromatic nitrogens is 1. The number of hydrogen-bond donors (Lipinski definition) is 1. The first-order valence-corrected chi connectivity index (χ1v) is 8.03. The maximum absolute atomic E-state index is 13.3. The maximum Gasteiger partial charge on any atom is 0.258 e. The summed E-state index contributed by atoms with van der Waals surface area (Å²) in [7, 11) is 1.70. The third-order valence-corrected chi connectivity index (χ3v) is 4.42. The minimum absolute atomic E-state index is 0.0278. The summed E-state index contributed by atoms with van der Waals surface area (Å²) < 4.78 is 20.4. The van der Waals surface area contributed by atoms with Crippen LogP contribution in [0, 0.1) is 17.1 Å². The number of aryl methyl sites for hydroxylation is 1. The number of hydrogen-bond acceptors (Lipinski definition) is 4. The van der Waals surface area contributed by atoms with Gasteiger partial charge >= 0.3 is 0 Å². The SMILES string of the molecule is CCCc1cc2c(c(=O)n1C)C(c1ccc(F)cc1)C(C#N)=C(N)O2. The fourth-order valence-electron chi connectivity index (χ4n) is 3.16. The molecule has 1 aliphatic heterocycles. The van der Waals surface area contributed by atoms with Crippen LogP contribution in [0.4, 0.5) is 4.39 Å². The van der Waals surface area contributed by atoms with Gasteiger partial charge in [-0.3, -0.25) is 4.79 Å². The Kier molecular flexibility index (Phi) is 4.32. The van der Waals surface area contributed by atoms with E-state index in [9.17, 15) is 14.4 Å². The summed E-state index contributed by atoms with van der Waals surface area (Å²) in [6.45, 7) is 2.02. The fraction of sp³-hybridized carbons (Fsp3) is 0.263. The molecule has 1 unspecified atom stereocenters. The van der Waals surface area contributed by atoms with Crippen molar-refractivity contribution in [2.24, 2.45) is 12.8 Å². The monoisotopic (exact) mass is 339 g/mol. The molecule has 5 nitrogen and oxygen atoms in total. The molecule has 2 aromatic rings. The van der Waals surface area contributed by atoms with Crippen LogP contribution in [0.3, 0.4) is 0 Å². The molecule has 0 saturated carbocycles. The zero-order valence-corrected chi connectivity index (χ0v) is 14.0. The zero-order valence-electron chi connectivity index (χ0n) is 14.0. The van der Waals surface area contributed by atoms with Crippen molar-refractivity contribution < 1.29 is 9.13 Å². The molecule has 0 bridgehead atoms. The van der Waals surface area contributed by atoms with E-state index in [4.69, 9.17) is 10.5 Å². The molecule has 6 heteroatoms. The van der Waals surface area contributed by atoms with E-state index in [0.29, 0.717) is 16.9 Å². The highest BCUT2D eigenvalue weighted by atomic mass is 19.1. The molecule has 2 N–H and O–H groups in total. The van der Waals surface area contributed by atoms with Gasteiger partial charge in [-0.05, 0) is 24.1 Å². The molecule has 0 aliphatic carbocycles. The Morgan fingerprint density at radius 1 is 1.36 bits per heavy atom. The number of nitrogens with two attached hydrogens (primary N) is 1. The summed E-state index contributed by atoms with van der Waals surface area (Å²) in [5.74, 6) is -0.737. The molecule has 128 valence electrons. The lowest BCUT2D eigenvalue weighted by Crippen LogP contribution is -2.32. The molecule has 0 fully saturated rings. The highest BCUT2D eigenvalue weighted by Gasteiger charge is 2.34. The number of benzene rings is 1. The average molecular weight is 339 g/mol. The van der Waals surface area contributed by atoms with E-state index in [1.54, 1.807) is 29.8 Å². The minimum atomic E-state index is -0.677. The van der Waals surface area contributed by atoms with Crippen LogP contribution in [0.1, 0.15) is 36.1 Å². The van der Waals surface area contributed by atoms with E-state index in [2.05, 4.69) is 0 Å². The van der Waals surface area contributed by atoms with Gasteiger partial charge in [-0.1, -0.05) is 25.5 Å². The summed E-state index contributed by atoms with van der Waals surface area (Å²) in [5, 5.41) is 9.52. The van der Waals surface area contributed by atoms with Gasteiger partial charge in [-0.15, -0.1) is 0 Å². The Hall–Kier alpha value is -3.07. The first kappa shape index (κ1) is 16.8. The van der Waals surface area contributed by atoms with E-state index in [0.717, 1.165) is 18.5 Å². The van der Waals surface area contributed by atoms with Crippen LogP contribution in [0.5, 0.6) is 5.75 Å². The summed E-state index contributed by atoms with van der Waals surface area (Å²) in [5.41, 5.74) is 7.63. The van der Waals surface area contributed by atoms with Crippen molar-refractivity contribution in [2.45, 2.75) is 25.7 Å². The van der Waals surface area contributed by atoms with Gasteiger partial charge in [0.15, 0.2) is 0 Å². The van der Waals surface area contributed by atoms with Gasteiger partial charge in [0, 0.05) is 18.8 Å². The lowest BCUT2D eigenvalue weighted by Gasteiger charge is -2.27. The Balaban J connectivity index is 2.28. The summed E-state index contributed by atoms with van der Waals surface area (Å²) in [6.07, 6.45) is 1.60. The molecule has 0 saturated heterocycles. The summed E-state index contributed by atoms with van der Waals surface area (Å²) >= 11 is 0. The van der Waals surface area contributed by atoms with E-state index in [-0.39, 0.29) is 17.0 Å². The van der Waals surface area contributed by atoms with Crippen molar-refractivity contribution in [3.63, 3.8) is 0 Å². The second-order valence-electron chi connectivity index (χ2n) is 6.00. The van der Waals surface area contributed by atoms with Crippen molar-refractivity contribution in [1.29, 1.82) is 5.26 Å². The van der Waals surface area contributed by atoms with E-state index >= 15 is 0 Å². The number of rotatable bonds is 3. The number of allylic oxidation sites excluding steroid dienone is 1. The van der Waals surface area contributed by atoms with Gasteiger partial charge in [-0.25, -0.2) is 4.39 Å². The molecule has 1 aromatic carbocycles. The molecule has 1 aromatic heterocycles. The Labute approximate surface area is 144 Å². The minimum Gasteiger partial charge on any atom is -0.440 e. The van der Waals surface area contributed by atoms with Gasteiger partial charge in [0.1, 0.15) is 23.2 Å². The molecule has 0 spiro atoms. The number of nitrogens with zero attached hydrogens (tertiary/aromatic N) is 2. The zero-order chi connectivity index (χ0) is 18.1. The van der Waals surface area contributed by atoms with Crippen LogP contribution in [-0.4, -0.2) is 4.57 Å². The molecule has 2 heterocycles. The van der Waals surface area contributed by atoms with Crippen molar-refractivity contribution in [1.82, 2.24) is 4.57 Å². The number of nitriles is 1. The van der Waals surface area contributed by atoms with E-state index in [1.807, 2.05) is 13.0 Å². The van der Waals surface area contributed by atoms with Crippen LogP contribution >= 0.6 is 0 Å². The Morgan fingerprint density at radius 3 is 2.64 bits per heavy atom. The summed E-state index contributed by atoms with van der Waals surface area (Å²) in [4.78, 5) is 13.0. The molecular weight excluding hydrogens is 321 g/mol. The molecule has 1 aliphatic rings. The lowest BCUT2D eigenvalue weighted by atomic mass is 9.84. The standard InChI is InChI=1S/C19H18FN3O2/c1-3-4-13-9-15-17(19(24)23(13)2)16(14(10-21)18(22)25-15)11-5-7-12(20)8-6-11/h5-9,16H,3-4,22H2,1-2H3. The van der Waals surface area contributed by atoms with Gasteiger partial charge in [-0.2, -0.15) is 5.26 Å². The van der Waals surface area contributed by atoms with Crippen molar-refractivity contribution >= 4 is 0 Å². The number of halogens is 1. The van der Waals surface area contributed by atoms with E-state index in [1.165, 1.54) is 12.1 Å². The Bertz CT molecular complexity index is 952. The number of pyridine rings is 1. The van der Waals surface area contributed by atoms with Gasteiger partial charge < -0.3 is 15.0 Å². The van der Waals surface area contributed by atoms with Crippen molar-refractivity contribution in [3.8, 4) is 11.8 Å². The van der Waals surface area contributed by atoms with Gasteiger partial charge in [0.25, 0.3) is 5.56 Å². The molecule has 1 atom stereocenters. The highest BCUT2D eigenvalue weighted by molar-refractivity contribution is 5.55. The third kappa shape index (κ3) is 2.78. The number of ether oxygens (including phenoxy) is 1.